The fourth-order valence-corrected chi connectivity index (χ4v) is 1.84. The van der Waals surface area contributed by atoms with Gasteiger partial charge < -0.3 is 10.4 Å². The molecule has 76 valence electrons. The van der Waals surface area contributed by atoms with Crippen LogP contribution in [0.1, 0.15) is 17.2 Å². The topological polar surface area (TPSA) is 32.3 Å². The fraction of sp³-hybridized carbons (Fsp3) is 0.400. The van der Waals surface area contributed by atoms with Crippen LogP contribution in [-0.2, 0) is 6.42 Å². The summed E-state index contributed by atoms with van der Waals surface area (Å²) in [5.41, 5.74) is 1.17. The van der Waals surface area contributed by atoms with E-state index in [1.165, 1.54) is 6.07 Å². The minimum Gasteiger partial charge on any atom is -0.508 e. The smallest absolute Gasteiger partial charge is 0.257 e. The van der Waals surface area contributed by atoms with Crippen molar-refractivity contribution in [1.29, 1.82) is 0 Å². The molecular formula is C10H11F2NO. The maximum Gasteiger partial charge on any atom is 0.257 e. The van der Waals surface area contributed by atoms with Gasteiger partial charge in [0.15, 0.2) is 0 Å². The van der Waals surface area contributed by atoms with Crippen LogP contribution < -0.4 is 5.32 Å². The van der Waals surface area contributed by atoms with Crippen molar-refractivity contribution >= 4 is 0 Å². The Bertz CT molecular complexity index is 341. The molecular weight excluding hydrogens is 188 g/mol. The van der Waals surface area contributed by atoms with Crippen molar-refractivity contribution in [2.24, 2.45) is 0 Å². The molecule has 0 saturated carbocycles. The second-order valence-corrected chi connectivity index (χ2v) is 3.36. The number of rotatable bonds is 1. The molecule has 4 heteroatoms. The summed E-state index contributed by atoms with van der Waals surface area (Å²) in [4.78, 5) is 0. The molecule has 1 aliphatic heterocycles. The van der Waals surface area contributed by atoms with E-state index < -0.39 is 12.5 Å². The summed E-state index contributed by atoms with van der Waals surface area (Å²) in [6.45, 7) is 0.486. The highest BCUT2D eigenvalue weighted by Gasteiger charge is 2.28. The molecule has 0 fully saturated rings. The van der Waals surface area contributed by atoms with Gasteiger partial charge >= 0.3 is 0 Å². The van der Waals surface area contributed by atoms with Crippen molar-refractivity contribution in [1.82, 2.24) is 5.32 Å². The summed E-state index contributed by atoms with van der Waals surface area (Å²) in [5, 5.41) is 12.2. The largest absolute Gasteiger partial charge is 0.508 e. The van der Waals surface area contributed by atoms with Gasteiger partial charge in [-0.1, -0.05) is 12.1 Å². The predicted molar refractivity (Wildman–Crippen MR) is 48.6 cm³/mol. The van der Waals surface area contributed by atoms with Crippen molar-refractivity contribution in [2.75, 3.05) is 6.54 Å². The third-order valence-corrected chi connectivity index (χ3v) is 2.51. The molecule has 0 spiro atoms. The van der Waals surface area contributed by atoms with E-state index in [1.807, 2.05) is 0 Å². The molecule has 0 bridgehead atoms. The van der Waals surface area contributed by atoms with Crippen LogP contribution in [0.4, 0.5) is 8.78 Å². The van der Waals surface area contributed by atoms with E-state index >= 15 is 0 Å². The van der Waals surface area contributed by atoms with Gasteiger partial charge in [0.05, 0.1) is 6.04 Å². The molecule has 1 unspecified atom stereocenters. The van der Waals surface area contributed by atoms with Gasteiger partial charge in [0.2, 0.25) is 0 Å². The second kappa shape index (κ2) is 3.53. The van der Waals surface area contributed by atoms with Crippen LogP contribution in [0.25, 0.3) is 0 Å². The second-order valence-electron chi connectivity index (χ2n) is 3.36. The number of aromatic hydroxyl groups is 1. The van der Waals surface area contributed by atoms with Gasteiger partial charge in [-0.25, -0.2) is 8.78 Å². The zero-order chi connectivity index (χ0) is 10.1. The molecule has 0 aliphatic carbocycles. The third kappa shape index (κ3) is 1.46. The van der Waals surface area contributed by atoms with Crippen LogP contribution in [0.15, 0.2) is 18.2 Å². The lowest BCUT2D eigenvalue weighted by molar-refractivity contribution is 0.0952. The summed E-state index contributed by atoms with van der Waals surface area (Å²) in [6.07, 6.45) is -1.83. The van der Waals surface area contributed by atoms with Gasteiger partial charge in [-0.2, -0.15) is 0 Å². The van der Waals surface area contributed by atoms with Crippen molar-refractivity contribution in [3.05, 3.63) is 29.3 Å². The number of hydrogen-bond acceptors (Lipinski definition) is 2. The molecule has 1 atom stereocenters. The normalized spacial score (nSPS) is 20.9. The Hall–Kier alpha value is -1.16. The summed E-state index contributed by atoms with van der Waals surface area (Å²) >= 11 is 0. The summed E-state index contributed by atoms with van der Waals surface area (Å²) in [5.74, 6) is 0.120. The molecule has 1 aromatic carbocycles. The molecule has 2 N–H and O–H groups in total. The Morgan fingerprint density at radius 3 is 2.93 bits per heavy atom. The Morgan fingerprint density at radius 2 is 2.21 bits per heavy atom. The quantitative estimate of drug-likeness (QED) is 0.723. The van der Waals surface area contributed by atoms with E-state index in [1.54, 1.807) is 12.1 Å². The van der Waals surface area contributed by atoms with Crippen LogP contribution in [0, 0.1) is 0 Å². The van der Waals surface area contributed by atoms with Gasteiger partial charge in [0.1, 0.15) is 5.75 Å². The van der Waals surface area contributed by atoms with Gasteiger partial charge in [0.25, 0.3) is 6.43 Å². The molecule has 0 amide bonds. The van der Waals surface area contributed by atoms with Crippen molar-refractivity contribution in [2.45, 2.75) is 18.9 Å². The molecule has 14 heavy (non-hydrogen) atoms. The molecule has 2 nitrogen and oxygen atoms in total. The third-order valence-electron chi connectivity index (χ3n) is 2.51. The Kier molecular flexibility index (Phi) is 2.37. The molecule has 0 saturated heterocycles. The average molecular weight is 199 g/mol. The standard InChI is InChI=1S/C10H11F2NO/c11-10(12)9-7-2-1-3-8(14)6(7)4-5-13-9/h1-3,9-10,13-14H,4-5H2. The van der Waals surface area contributed by atoms with E-state index in [-0.39, 0.29) is 5.75 Å². The zero-order valence-corrected chi connectivity index (χ0v) is 7.50. The van der Waals surface area contributed by atoms with E-state index in [0.717, 1.165) is 0 Å². The summed E-state index contributed by atoms with van der Waals surface area (Å²) in [6, 6.07) is 3.83. The minimum absolute atomic E-state index is 0.120. The molecule has 2 rings (SSSR count). The summed E-state index contributed by atoms with van der Waals surface area (Å²) in [7, 11) is 0. The van der Waals surface area contributed by atoms with Crippen molar-refractivity contribution < 1.29 is 13.9 Å². The van der Waals surface area contributed by atoms with E-state index in [0.29, 0.717) is 24.1 Å². The van der Waals surface area contributed by atoms with E-state index in [2.05, 4.69) is 5.32 Å². The highest BCUT2D eigenvalue weighted by atomic mass is 19.3. The van der Waals surface area contributed by atoms with Crippen molar-refractivity contribution in [3.63, 3.8) is 0 Å². The monoisotopic (exact) mass is 199 g/mol. The maximum absolute atomic E-state index is 12.6. The predicted octanol–water partition coefficient (Wildman–Crippen LogP) is 1.84. The van der Waals surface area contributed by atoms with Crippen LogP contribution in [0.3, 0.4) is 0 Å². The Labute approximate surface area is 80.6 Å². The highest BCUT2D eigenvalue weighted by molar-refractivity contribution is 5.42. The van der Waals surface area contributed by atoms with Gasteiger partial charge in [0, 0.05) is 12.1 Å². The number of nitrogens with one attached hydrogen (secondary N) is 1. The minimum atomic E-state index is -2.43. The average Bonchev–Trinajstić information content (AvgIpc) is 2.17. The van der Waals surface area contributed by atoms with Crippen LogP contribution >= 0.6 is 0 Å². The summed E-state index contributed by atoms with van der Waals surface area (Å²) < 4.78 is 25.2. The first-order valence-corrected chi connectivity index (χ1v) is 4.52. The molecule has 0 radical (unpaired) electrons. The Morgan fingerprint density at radius 1 is 1.43 bits per heavy atom. The SMILES string of the molecule is Oc1cccc2c1CCNC2C(F)F. The lowest BCUT2D eigenvalue weighted by atomic mass is 9.94. The number of phenols is 1. The molecule has 0 aromatic heterocycles. The highest BCUT2D eigenvalue weighted by Crippen LogP contribution is 2.32. The van der Waals surface area contributed by atoms with Crippen LogP contribution in [-0.4, -0.2) is 18.1 Å². The van der Waals surface area contributed by atoms with Gasteiger partial charge in [-0.05, 0) is 18.1 Å². The molecule has 1 heterocycles. The van der Waals surface area contributed by atoms with Crippen LogP contribution in [0.5, 0.6) is 5.75 Å². The first-order valence-electron chi connectivity index (χ1n) is 4.52. The number of hydrogen-bond donors (Lipinski definition) is 2. The van der Waals surface area contributed by atoms with Gasteiger partial charge in [-0.3, -0.25) is 0 Å². The number of alkyl halides is 2. The number of benzene rings is 1. The van der Waals surface area contributed by atoms with Crippen molar-refractivity contribution in [3.8, 4) is 5.75 Å². The number of halogens is 2. The molecule has 1 aromatic rings. The lowest BCUT2D eigenvalue weighted by Gasteiger charge is -2.26. The lowest BCUT2D eigenvalue weighted by Crippen LogP contribution is -2.34. The first-order chi connectivity index (χ1) is 6.70. The zero-order valence-electron chi connectivity index (χ0n) is 7.50. The number of fused-ring (bicyclic) bond motifs is 1. The fourth-order valence-electron chi connectivity index (χ4n) is 1.84. The van der Waals surface area contributed by atoms with Crippen LogP contribution in [0.2, 0.25) is 0 Å². The first kappa shape index (κ1) is 9.40. The number of phenolic OH excluding ortho intramolecular Hbond substituents is 1. The van der Waals surface area contributed by atoms with E-state index in [9.17, 15) is 13.9 Å². The maximum atomic E-state index is 12.6. The van der Waals surface area contributed by atoms with Gasteiger partial charge in [-0.15, -0.1) is 0 Å². The molecule has 1 aliphatic rings. The van der Waals surface area contributed by atoms with E-state index in [4.69, 9.17) is 0 Å². The Balaban J connectivity index is 2.44.